The van der Waals surface area contributed by atoms with Gasteiger partial charge in [-0.3, -0.25) is 4.79 Å². The lowest BCUT2D eigenvalue weighted by atomic mass is 10.0. The third kappa shape index (κ3) is 2.69. The molecule has 4 nitrogen and oxygen atoms in total. The molecule has 0 spiro atoms. The van der Waals surface area contributed by atoms with Gasteiger partial charge >= 0.3 is 0 Å². The summed E-state index contributed by atoms with van der Waals surface area (Å²) in [4.78, 5) is 13.9. The maximum Gasteiger partial charge on any atom is 0.264 e. The number of likely N-dealkylation sites (N-methyl/N-ethyl adjacent to an activating group) is 1. The van der Waals surface area contributed by atoms with Gasteiger partial charge in [0.05, 0.1) is 12.1 Å². The van der Waals surface area contributed by atoms with Crippen LogP contribution in [0.25, 0.3) is 0 Å². The molecule has 1 unspecified atom stereocenters. The van der Waals surface area contributed by atoms with Crippen molar-refractivity contribution < 1.29 is 14.6 Å². The van der Waals surface area contributed by atoms with Crippen molar-refractivity contribution in [3.05, 3.63) is 28.8 Å². The number of fused-ring (bicyclic) bond motifs is 1. The van der Waals surface area contributed by atoms with Gasteiger partial charge in [-0.1, -0.05) is 11.6 Å². The van der Waals surface area contributed by atoms with Crippen molar-refractivity contribution in [3.63, 3.8) is 0 Å². The zero-order chi connectivity index (χ0) is 14.2. The molecule has 0 aliphatic carbocycles. The lowest BCUT2D eigenvalue weighted by Gasteiger charge is -2.35. The number of hydrogen-bond acceptors (Lipinski definition) is 3. The lowest BCUT2D eigenvalue weighted by molar-refractivity contribution is -0.142. The summed E-state index contributed by atoms with van der Waals surface area (Å²) in [6, 6.07) is 5.35. The number of halogens is 1. The Bertz CT molecular complexity index is 501. The monoisotopic (exact) mass is 283 g/mol. The molecule has 0 aromatic heterocycles. The number of carbonyl (C=O) groups is 1. The second kappa shape index (κ2) is 5.02. The summed E-state index contributed by atoms with van der Waals surface area (Å²) in [5, 5.41) is 9.95. The fraction of sp³-hybridized carbons (Fsp3) is 0.500. The Morgan fingerprint density at radius 1 is 1.58 bits per heavy atom. The molecule has 1 N–H and O–H groups in total. The molecular formula is C14H18ClNO3. The summed E-state index contributed by atoms with van der Waals surface area (Å²) >= 11 is 5.92. The number of aliphatic hydroxyl groups is 1. The summed E-state index contributed by atoms with van der Waals surface area (Å²) in [6.07, 6.45) is -0.0232. The Morgan fingerprint density at radius 3 is 2.89 bits per heavy atom. The molecule has 1 atom stereocenters. The SMILES string of the molecule is CN(C(=O)C1Cc2cc(Cl)ccc2O1)C(C)(C)CO. The van der Waals surface area contributed by atoms with E-state index in [1.807, 2.05) is 19.9 Å². The van der Waals surface area contributed by atoms with Crippen LogP contribution in [0.4, 0.5) is 0 Å². The van der Waals surface area contributed by atoms with Gasteiger partial charge in [0.15, 0.2) is 6.10 Å². The Kier molecular flexibility index (Phi) is 3.74. The molecule has 19 heavy (non-hydrogen) atoms. The molecule has 1 aromatic rings. The van der Waals surface area contributed by atoms with Crippen LogP contribution < -0.4 is 4.74 Å². The molecule has 0 saturated heterocycles. The van der Waals surface area contributed by atoms with E-state index >= 15 is 0 Å². The van der Waals surface area contributed by atoms with Crippen molar-refractivity contribution in [1.29, 1.82) is 0 Å². The fourth-order valence-corrected chi connectivity index (χ4v) is 2.17. The van der Waals surface area contributed by atoms with Crippen molar-refractivity contribution in [2.24, 2.45) is 0 Å². The standard InChI is InChI=1S/C14H18ClNO3/c1-14(2,8-17)16(3)13(18)12-7-9-6-10(15)4-5-11(9)19-12/h4-6,12,17H,7-8H2,1-3H3. The molecule has 0 bridgehead atoms. The fourth-order valence-electron chi connectivity index (χ4n) is 1.98. The minimum Gasteiger partial charge on any atom is -0.480 e. The molecule has 0 saturated carbocycles. The molecule has 2 rings (SSSR count). The summed E-state index contributed by atoms with van der Waals surface area (Å²) in [5.41, 5.74) is 0.341. The number of ether oxygens (including phenoxy) is 1. The van der Waals surface area contributed by atoms with Gasteiger partial charge in [-0.15, -0.1) is 0 Å². The summed E-state index contributed by atoms with van der Waals surface area (Å²) in [7, 11) is 1.68. The van der Waals surface area contributed by atoms with Gasteiger partial charge in [-0.05, 0) is 37.6 Å². The van der Waals surface area contributed by atoms with Crippen LogP contribution in [-0.2, 0) is 11.2 Å². The van der Waals surface area contributed by atoms with E-state index in [4.69, 9.17) is 16.3 Å². The first-order valence-electron chi connectivity index (χ1n) is 6.19. The maximum absolute atomic E-state index is 12.4. The highest BCUT2D eigenvalue weighted by Gasteiger charge is 2.36. The van der Waals surface area contributed by atoms with Gasteiger partial charge in [0.1, 0.15) is 5.75 Å². The van der Waals surface area contributed by atoms with E-state index in [0.717, 1.165) is 5.56 Å². The van der Waals surface area contributed by atoms with E-state index in [1.165, 1.54) is 4.90 Å². The molecule has 1 aliphatic heterocycles. The third-order valence-electron chi connectivity index (χ3n) is 3.60. The molecule has 1 heterocycles. The van der Waals surface area contributed by atoms with E-state index in [9.17, 15) is 9.90 Å². The average Bonchev–Trinajstić information content (AvgIpc) is 2.79. The molecule has 1 aliphatic rings. The predicted molar refractivity (Wildman–Crippen MR) is 73.5 cm³/mol. The van der Waals surface area contributed by atoms with E-state index in [1.54, 1.807) is 19.2 Å². The Labute approximate surface area is 117 Å². The highest BCUT2D eigenvalue weighted by atomic mass is 35.5. The van der Waals surface area contributed by atoms with E-state index < -0.39 is 11.6 Å². The highest BCUT2D eigenvalue weighted by molar-refractivity contribution is 6.30. The minimum absolute atomic E-state index is 0.0965. The third-order valence-corrected chi connectivity index (χ3v) is 3.83. The van der Waals surface area contributed by atoms with E-state index in [2.05, 4.69) is 0 Å². The predicted octanol–water partition coefficient (Wildman–Crippen LogP) is 1.87. The zero-order valence-corrected chi connectivity index (χ0v) is 12.1. The zero-order valence-electron chi connectivity index (χ0n) is 11.3. The molecule has 1 aromatic carbocycles. The van der Waals surface area contributed by atoms with Crippen LogP contribution in [0.2, 0.25) is 5.02 Å². The minimum atomic E-state index is -0.604. The van der Waals surface area contributed by atoms with Gasteiger partial charge in [0.25, 0.3) is 5.91 Å². The number of carbonyl (C=O) groups excluding carboxylic acids is 1. The Morgan fingerprint density at radius 2 is 2.26 bits per heavy atom. The number of benzene rings is 1. The van der Waals surface area contributed by atoms with Gasteiger partial charge in [-0.25, -0.2) is 0 Å². The van der Waals surface area contributed by atoms with Crippen LogP contribution in [0.15, 0.2) is 18.2 Å². The second-order valence-corrected chi connectivity index (χ2v) is 5.87. The molecule has 1 amide bonds. The largest absolute Gasteiger partial charge is 0.480 e. The number of rotatable bonds is 3. The van der Waals surface area contributed by atoms with Gasteiger partial charge in [0.2, 0.25) is 0 Å². The van der Waals surface area contributed by atoms with Crippen LogP contribution in [0.3, 0.4) is 0 Å². The van der Waals surface area contributed by atoms with Crippen molar-refractivity contribution in [2.75, 3.05) is 13.7 Å². The van der Waals surface area contributed by atoms with Crippen LogP contribution in [0, 0.1) is 0 Å². The highest BCUT2D eigenvalue weighted by Crippen LogP contribution is 2.32. The molecule has 104 valence electrons. The summed E-state index contributed by atoms with van der Waals surface area (Å²) < 4.78 is 5.65. The number of hydrogen-bond donors (Lipinski definition) is 1. The first-order valence-corrected chi connectivity index (χ1v) is 6.56. The van der Waals surface area contributed by atoms with Crippen LogP contribution in [0.5, 0.6) is 5.75 Å². The lowest BCUT2D eigenvalue weighted by Crippen LogP contribution is -2.52. The van der Waals surface area contributed by atoms with Crippen LogP contribution >= 0.6 is 11.6 Å². The normalized spacial score (nSPS) is 17.8. The summed E-state index contributed by atoms with van der Waals surface area (Å²) in [6.45, 7) is 3.52. The Hall–Kier alpha value is -1.26. The van der Waals surface area contributed by atoms with Crippen LogP contribution in [-0.4, -0.2) is 41.2 Å². The maximum atomic E-state index is 12.4. The van der Waals surface area contributed by atoms with Crippen molar-refractivity contribution in [1.82, 2.24) is 4.90 Å². The van der Waals surface area contributed by atoms with Crippen molar-refractivity contribution in [2.45, 2.75) is 31.9 Å². The number of aliphatic hydroxyl groups excluding tert-OH is 1. The second-order valence-electron chi connectivity index (χ2n) is 5.43. The van der Waals surface area contributed by atoms with Crippen LogP contribution in [0.1, 0.15) is 19.4 Å². The average molecular weight is 284 g/mol. The van der Waals surface area contributed by atoms with Crippen molar-refractivity contribution >= 4 is 17.5 Å². The van der Waals surface area contributed by atoms with Crippen molar-refractivity contribution in [3.8, 4) is 5.75 Å². The topological polar surface area (TPSA) is 49.8 Å². The van der Waals surface area contributed by atoms with E-state index in [-0.39, 0.29) is 12.5 Å². The molecular weight excluding hydrogens is 266 g/mol. The first kappa shape index (κ1) is 14.2. The molecule has 0 fully saturated rings. The molecule has 5 heteroatoms. The quantitative estimate of drug-likeness (QED) is 0.921. The Balaban J connectivity index is 2.13. The smallest absolute Gasteiger partial charge is 0.264 e. The first-order chi connectivity index (χ1) is 8.85. The van der Waals surface area contributed by atoms with Gasteiger partial charge < -0.3 is 14.7 Å². The van der Waals surface area contributed by atoms with E-state index in [0.29, 0.717) is 17.2 Å². The summed E-state index contributed by atoms with van der Waals surface area (Å²) in [5.74, 6) is 0.573. The van der Waals surface area contributed by atoms with Gasteiger partial charge in [0, 0.05) is 18.5 Å². The number of amides is 1. The number of nitrogens with zero attached hydrogens (tertiary/aromatic N) is 1. The molecule has 0 radical (unpaired) electrons. The van der Waals surface area contributed by atoms with Gasteiger partial charge in [-0.2, -0.15) is 0 Å².